The second-order valence-corrected chi connectivity index (χ2v) is 9.04. The predicted molar refractivity (Wildman–Crippen MR) is 131 cm³/mol. The third-order valence-corrected chi connectivity index (χ3v) is 6.56. The molecule has 156 valence electrons. The Balaban J connectivity index is 1.60. The number of hydrogen-bond donors (Lipinski definition) is 1. The minimum absolute atomic E-state index is 0.278. The van der Waals surface area contributed by atoms with Gasteiger partial charge in [-0.2, -0.15) is 5.10 Å². The molecule has 1 aliphatic heterocycles. The SMILES string of the molecule is Brc1cccc(-n2nc(CC(c3ccccc3)c3ccccc3)c3c2NCCCC3)c1. The van der Waals surface area contributed by atoms with E-state index in [-0.39, 0.29) is 5.92 Å². The Labute approximate surface area is 192 Å². The number of rotatable bonds is 5. The van der Waals surface area contributed by atoms with E-state index in [2.05, 4.69) is 111 Å². The van der Waals surface area contributed by atoms with Gasteiger partial charge in [-0.3, -0.25) is 0 Å². The maximum Gasteiger partial charge on any atom is 0.133 e. The van der Waals surface area contributed by atoms with Gasteiger partial charge in [0.2, 0.25) is 0 Å². The van der Waals surface area contributed by atoms with Crippen LogP contribution in [0.4, 0.5) is 5.82 Å². The van der Waals surface area contributed by atoms with Crippen molar-refractivity contribution >= 4 is 21.7 Å². The molecule has 0 amide bonds. The lowest BCUT2D eigenvalue weighted by atomic mass is 9.86. The van der Waals surface area contributed by atoms with Crippen LogP contribution in [-0.4, -0.2) is 16.3 Å². The summed E-state index contributed by atoms with van der Waals surface area (Å²) in [5, 5.41) is 8.84. The van der Waals surface area contributed by atoms with E-state index in [0.29, 0.717) is 0 Å². The molecule has 3 nitrogen and oxygen atoms in total. The lowest BCUT2D eigenvalue weighted by Crippen LogP contribution is -2.08. The van der Waals surface area contributed by atoms with Gasteiger partial charge >= 0.3 is 0 Å². The standard InChI is InChI=1S/C27H26BrN3/c28-22-14-9-15-23(18-22)31-27-24(16-7-8-17-29-27)26(30-31)19-25(20-10-3-1-4-11-20)21-12-5-2-6-13-21/h1-6,9-15,18,25,29H,7-8,16-17,19H2. The van der Waals surface area contributed by atoms with Gasteiger partial charge in [-0.25, -0.2) is 4.68 Å². The van der Waals surface area contributed by atoms with Gasteiger partial charge in [-0.15, -0.1) is 0 Å². The molecule has 1 N–H and O–H groups in total. The quantitative estimate of drug-likeness (QED) is 0.348. The highest BCUT2D eigenvalue weighted by atomic mass is 79.9. The van der Waals surface area contributed by atoms with E-state index in [1.54, 1.807) is 0 Å². The normalized spacial score (nSPS) is 13.5. The zero-order chi connectivity index (χ0) is 21.0. The van der Waals surface area contributed by atoms with E-state index in [1.807, 2.05) is 0 Å². The molecule has 0 atom stereocenters. The Morgan fingerprint density at radius 2 is 1.58 bits per heavy atom. The molecule has 0 saturated heterocycles. The fourth-order valence-electron chi connectivity index (χ4n) is 4.52. The number of aromatic nitrogens is 2. The van der Waals surface area contributed by atoms with Gasteiger partial charge in [0.05, 0.1) is 11.4 Å². The van der Waals surface area contributed by atoms with Gasteiger partial charge in [-0.05, 0) is 48.6 Å². The van der Waals surface area contributed by atoms with E-state index in [1.165, 1.54) is 35.2 Å². The van der Waals surface area contributed by atoms with Crippen molar-refractivity contribution in [3.8, 4) is 5.69 Å². The van der Waals surface area contributed by atoms with Gasteiger partial charge in [-0.1, -0.05) is 82.7 Å². The van der Waals surface area contributed by atoms with Crippen molar-refractivity contribution < 1.29 is 0 Å². The number of benzene rings is 3. The van der Waals surface area contributed by atoms with Crippen LogP contribution < -0.4 is 5.32 Å². The van der Waals surface area contributed by atoms with Gasteiger partial charge in [0, 0.05) is 28.9 Å². The highest BCUT2D eigenvalue weighted by Crippen LogP contribution is 2.34. The largest absolute Gasteiger partial charge is 0.370 e. The number of nitrogens with one attached hydrogen (secondary N) is 1. The van der Waals surface area contributed by atoms with Crippen LogP contribution in [0.2, 0.25) is 0 Å². The summed E-state index contributed by atoms with van der Waals surface area (Å²) in [4.78, 5) is 0. The zero-order valence-electron chi connectivity index (χ0n) is 17.5. The van der Waals surface area contributed by atoms with Gasteiger partial charge in [0.1, 0.15) is 5.82 Å². The zero-order valence-corrected chi connectivity index (χ0v) is 19.1. The maximum absolute atomic E-state index is 5.17. The topological polar surface area (TPSA) is 29.9 Å². The van der Waals surface area contributed by atoms with Crippen LogP contribution in [0.5, 0.6) is 0 Å². The molecule has 3 aromatic carbocycles. The molecule has 0 spiro atoms. The third kappa shape index (κ3) is 4.31. The second kappa shape index (κ2) is 9.11. The van der Waals surface area contributed by atoms with Crippen LogP contribution in [0.1, 0.15) is 41.1 Å². The Hall–Kier alpha value is -2.85. The first-order chi connectivity index (χ1) is 15.3. The molecule has 5 rings (SSSR count). The Kier molecular flexibility index (Phi) is 5.90. The fraction of sp³-hybridized carbons (Fsp3) is 0.222. The molecule has 0 aliphatic carbocycles. The van der Waals surface area contributed by atoms with Gasteiger partial charge < -0.3 is 5.32 Å². The van der Waals surface area contributed by atoms with Gasteiger partial charge in [0.15, 0.2) is 0 Å². The van der Waals surface area contributed by atoms with Crippen LogP contribution in [0, 0.1) is 0 Å². The summed E-state index contributed by atoms with van der Waals surface area (Å²) in [6.07, 6.45) is 4.34. The first-order valence-electron chi connectivity index (χ1n) is 11.0. The Morgan fingerprint density at radius 1 is 0.871 bits per heavy atom. The minimum atomic E-state index is 0.278. The number of nitrogens with zero attached hydrogens (tertiary/aromatic N) is 2. The maximum atomic E-state index is 5.17. The summed E-state index contributed by atoms with van der Waals surface area (Å²) >= 11 is 3.62. The lowest BCUT2D eigenvalue weighted by molar-refractivity contribution is 0.727. The minimum Gasteiger partial charge on any atom is -0.370 e. The predicted octanol–water partition coefficient (Wildman–Crippen LogP) is 6.76. The van der Waals surface area contributed by atoms with E-state index < -0.39 is 0 Å². The van der Waals surface area contributed by atoms with Crippen molar-refractivity contribution in [3.63, 3.8) is 0 Å². The third-order valence-electron chi connectivity index (χ3n) is 6.07. The molecule has 2 heterocycles. The van der Waals surface area contributed by atoms with Crippen LogP contribution in [0.25, 0.3) is 5.69 Å². The lowest BCUT2D eigenvalue weighted by Gasteiger charge is -2.18. The summed E-state index contributed by atoms with van der Waals surface area (Å²) in [6, 6.07) is 30.0. The molecular formula is C27H26BrN3. The second-order valence-electron chi connectivity index (χ2n) is 8.13. The van der Waals surface area contributed by atoms with Crippen molar-refractivity contribution in [1.82, 2.24) is 9.78 Å². The highest BCUT2D eigenvalue weighted by Gasteiger charge is 2.24. The van der Waals surface area contributed by atoms with Crippen LogP contribution in [0.3, 0.4) is 0 Å². The van der Waals surface area contributed by atoms with Crippen molar-refractivity contribution in [3.05, 3.63) is 112 Å². The fourth-order valence-corrected chi connectivity index (χ4v) is 4.91. The van der Waals surface area contributed by atoms with Crippen molar-refractivity contribution in [2.45, 2.75) is 31.6 Å². The van der Waals surface area contributed by atoms with E-state index >= 15 is 0 Å². The van der Waals surface area contributed by atoms with E-state index in [9.17, 15) is 0 Å². The first-order valence-corrected chi connectivity index (χ1v) is 11.8. The molecule has 0 fully saturated rings. The summed E-state index contributed by atoms with van der Waals surface area (Å²) in [7, 11) is 0. The number of halogens is 1. The van der Waals surface area contributed by atoms with Crippen molar-refractivity contribution in [2.75, 3.05) is 11.9 Å². The smallest absolute Gasteiger partial charge is 0.133 e. The number of hydrogen-bond acceptors (Lipinski definition) is 2. The van der Waals surface area contributed by atoms with E-state index in [4.69, 9.17) is 5.10 Å². The Morgan fingerprint density at radius 3 is 2.26 bits per heavy atom. The molecule has 4 heteroatoms. The van der Waals surface area contributed by atoms with Crippen LogP contribution in [-0.2, 0) is 12.8 Å². The molecule has 0 bridgehead atoms. The molecule has 4 aromatic rings. The summed E-state index contributed by atoms with van der Waals surface area (Å²) in [5.41, 5.74) is 6.32. The first kappa shape index (κ1) is 20.1. The summed E-state index contributed by atoms with van der Waals surface area (Å²) in [6.45, 7) is 0.993. The monoisotopic (exact) mass is 471 g/mol. The summed E-state index contributed by atoms with van der Waals surface area (Å²) in [5.74, 6) is 1.44. The molecule has 0 saturated carbocycles. The van der Waals surface area contributed by atoms with Crippen molar-refractivity contribution in [2.24, 2.45) is 0 Å². The van der Waals surface area contributed by atoms with Crippen LogP contribution >= 0.6 is 15.9 Å². The molecule has 1 aliphatic rings. The number of anilines is 1. The number of fused-ring (bicyclic) bond motifs is 1. The van der Waals surface area contributed by atoms with E-state index in [0.717, 1.165) is 35.4 Å². The highest BCUT2D eigenvalue weighted by molar-refractivity contribution is 9.10. The van der Waals surface area contributed by atoms with Crippen molar-refractivity contribution in [1.29, 1.82) is 0 Å². The van der Waals surface area contributed by atoms with Crippen LogP contribution in [0.15, 0.2) is 89.4 Å². The molecule has 1 aromatic heterocycles. The summed E-state index contributed by atoms with van der Waals surface area (Å²) < 4.78 is 3.17. The Bertz CT molecular complexity index is 1110. The molecule has 0 radical (unpaired) electrons. The average Bonchev–Trinajstić information content (AvgIpc) is 2.98. The molecular weight excluding hydrogens is 446 g/mol. The average molecular weight is 472 g/mol. The van der Waals surface area contributed by atoms with Gasteiger partial charge in [0.25, 0.3) is 0 Å². The molecule has 0 unspecified atom stereocenters. The molecule has 31 heavy (non-hydrogen) atoms.